The summed E-state index contributed by atoms with van der Waals surface area (Å²) in [6, 6.07) is 15.7. The molecule has 0 radical (unpaired) electrons. The van der Waals surface area contributed by atoms with Crippen molar-refractivity contribution in [3.63, 3.8) is 0 Å². The highest BCUT2D eigenvalue weighted by Crippen LogP contribution is 2.24. The molecule has 2 aromatic carbocycles. The molecular weight excluding hydrogens is 308 g/mol. The van der Waals surface area contributed by atoms with Gasteiger partial charge in [0.1, 0.15) is 5.56 Å². The van der Waals surface area contributed by atoms with Crippen molar-refractivity contribution in [3.8, 4) is 11.3 Å². The number of rotatable bonds is 4. The van der Waals surface area contributed by atoms with Crippen molar-refractivity contribution < 1.29 is 18.8 Å². The Balaban J connectivity index is 1.84. The summed E-state index contributed by atoms with van der Waals surface area (Å²) in [7, 11) is 1.30. The first-order valence-corrected chi connectivity index (χ1v) is 7.19. The van der Waals surface area contributed by atoms with Crippen LogP contribution in [0.2, 0.25) is 0 Å². The molecule has 0 saturated carbocycles. The van der Waals surface area contributed by atoms with Crippen LogP contribution >= 0.6 is 0 Å². The van der Waals surface area contributed by atoms with Gasteiger partial charge in [-0.3, -0.25) is 4.79 Å². The number of nitrogens with zero attached hydrogens (tertiary/aromatic N) is 1. The fraction of sp³-hybridized carbons (Fsp3) is 0.0556. The van der Waals surface area contributed by atoms with Gasteiger partial charge in [-0.1, -0.05) is 41.6 Å². The van der Waals surface area contributed by atoms with Gasteiger partial charge in [0.05, 0.1) is 18.9 Å². The van der Waals surface area contributed by atoms with Crippen molar-refractivity contribution in [1.82, 2.24) is 5.16 Å². The highest BCUT2D eigenvalue weighted by Gasteiger charge is 2.18. The molecule has 0 fully saturated rings. The number of amides is 1. The van der Waals surface area contributed by atoms with Crippen LogP contribution in [-0.4, -0.2) is 24.1 Å². The Kier molecular flexibility index (Phi) is 4.38. The van der Waals surface area contributed by atoms with Crippen LogP contribution in [0.3, 0.4) is 0 Å². The molecule has 1 aromatic heterocycles. The standard InChI is InChI=1S/C18H14N2O4/c1-23-18(22)13-8-5-9-14(10-13)20-17(21)15-11-19-24-16(15)12-6-3-2-4-7-12/h2-11H,1H3,(H,20,21). The molecule has 0 aliphatic rings. The number of benzene rings is 2. The zero-order valence-electron chi connectivity index (χ0n) is 12.9. The summed E-state index contributed by atoms with van der Waals surface area (Å²) < 4.78 is 9.87. The minimum atomic E-state index is -0.471. The summed E-state index contributed by atoms with van der Waals surface area (Å²) in [4.78, 5) is 24.1. The maximum absolute atomic E-state index is 12.5. The van der Waals surface area contributed by atoms with E-state index in [1.165, 1.54) is 13.3 Å². The average molecular weight is 322 g/mol. The Morgan fingerprint density at radius 1 is 1.08 bits per heavy atom. The number of nitrogens with one attached hydrogen (secondary N) is 1. The maximum atomic E-state index is 12.5. The van der Waals surface area contributed by atoms with Crippen molar-refractivity contribution in [3.05, 3.63) is 71.9 Å². The Bertz CT molecular complexity index is 871. The van der Waals surface area contributed by atoms with Gasteiger partial charge in [-0.05, 0) is 18.2 Å². The Hall–Kier alpha value is -3.41. The Morgan fingerprint density at radius 3 is 2.62 bits per heavy atom. The summed E-state index contributed by atoms with van der Waals surface area (Å²) in [6.07, 6.45) is 1.36. The van der Waals surface area contributed by atoms with E-state index in [0.29, 0.717) is 22.6 Å². The molecule has 0 unspecified atom stereocenters. The number of aromatic nitrogens is 1. The maximum Gasteiger partial charge on any atom is 0.337 e. The fourth-order valence-corrected chi connectivity index (χ4v) is 2.24. The molecule has 0 aliphatic carbocycles. The van der Waals surface area contributed by atoms with Crippen LogP contribution in [0.5, 0.6) is 0 Å². The second-order valence-electron chi connectivity index (χ2n) is 4.96. The molecule has 0 spiro atoms. The van der Waals surface area contributed by atoms with Gasteiger partial charge >= 0.3 is 5.97 Å². The number of carbonyl (C=O) groups excluding carboxylic acids is 2. The van der Waals surface area contributed by atoms with E-state index in [2.05, 4.69) is 15.2 Å². The smallest absolute Gasteiger partial charge is 0.337 e. The zero-order valence-corrected chi connectivity index (χ0v) is 12.9. The van der Waals surface area contributed by atoms with Crippen molar-refractivity contribution in [1.29, 1.82) is 0 Å². The van der Waals surface area contributed by atoms with Gasteiger partial charge in [-0.2, -0.15) is 0 Å². The topological polar surface area (TPSA) is 81.4 Å². The minimum Gasteiger partial charge on any atom is -0.465 e. The number of esters is 1. The fourth-order valence-electron chi connectivity index (χ4n) is 2.24. The van der Waals surface area contributed by atoms with E-state index in [1.54, 1.807) is 24.3 Å². The predicted molar refractivity (Wildman–Crippen MR) is 87.7 cm³/mol. The molecule has 1 heterocycles. The van der Waals surface area contributed by atoms with Gasteiger partial charge in [0.25, 0.3) is 5.91 Å². The Morgan fingerprint density at radius 2 is 1.88 bits per heavy atom. The summed E-state index contributed by atoms with van der Waals surface area (Å²) in [5.74, 6) is -0.463. The molecule has 120 valence electrons. The van der Waals surface area contributed by atoms with Crippen LogP contribution in [0.15, 0.2) is 65.3 Å². The van der Waals surface area contributed by atoms with E-state index >= 15 is 0 Å². The number of hydrogen-bond donors (Lipinski definition) is 1. The first-order valence-electron chi connectivity index (χ1n) is 7.19. The number of anilines is 1. The molecule has 6 nitrogen and oxygen atoms in total. The van der Waals surface area contributed by atoms with Gasteiger partial charge in [0.2, 0.25) is 0 Å². The minimum absolute atomic E-state index is 0.310. The normalized spacial score (nSPS) is 10.2. The van der Waals surface area contributed by atoms with Crippen LogP contribution in [0.4, 0.5) is 5.69 Å². The van der Waals surface area contributed by atoms with E-state index in [4.69, 9.17) is 4.52 Å². The van der Waals surface area contributed by atoms with Crippen LogP contribution in [-0.2, 0) is 4.74 Å². The molecule has 3 aromatic rings. The lowest BCUT2D eigenvalue weighted by molar-refractivity contribution is 0.0600. The molecule has 1 N–H and O–H groups in total. The molecule has 0 atom stereocenters. The largest absolute Gasteiger partial charge is 0.465 e. The SMILES string of the molecule is COC(=O)c1cccc(NC(=O)c2cnoc2-c2ccccc2)c1. The Labute approximate surface area is 138 Å². The van der Waals surface area contributed by atoms with E-state index in [-0.39, 0.29) is 5.91 Å². The number of methoxy groups -OCH3 is 1. The first-order chi connectivity index (χ1) is 11.7. The second kappa shape index (κ2) is 6.78. The van der Waals surface area contributed by atoms with E-state index in [0.717, 1.165) is 5.56 Å². The third-order valence-electron chi connectivity index (χ3n) is 3.39. The van der Waals surface area contributed by atoms with Crippen molar-refractivity contribution >= 4 is 17.6 Å². The lowest BCUT2D eigenvalue weighted by Gasteiger charge is -2.06. The van der Waals surface area contributed by atoms with E-state index in [9.17, 15) is 9.59 Å². The summed E-state index contributed by atoms with van der Waals surface area (Å²) in [6.45, 7) is 0. The molecule has 3 rings (SSSR count). The summed E-state index contributed by atoms with van der Waals surface area (Å²) >= 11 is 0. The second-order valence-corrected chi connectivity index (χ2v) is 4.96. The highest BCUT2D eigenvalue weighted by atomic mass is 16.5. The van der Waals surface area contributed by atoms with Gasteiger partial charge in [0, 0.05) is 11.3 Å². The van der Waals surface area contributed by atoms with E-state index < -0.39 is 5.97 Å². The van der Waals surface area contributed by atoms with Crippen molar-refractivity contribution in [2.24, 2.45) is 0 Å². The van der Waals surface area contributed by atoms with Gasteiger partial charge in [0.15, 0.2) is 5.76 Å². The molecule has 1 amide bonds. The molecule has 6 heteroatoms. The van der Waals surface area contributed by atoms with Crippen molar-refractivity contribution in [2.75, 3.05) is 12.4 Å². The van der Waals surface area contributed by atoms with Gasteiger partial charge < -0.3 is 14.6 Å². The quantitative estimate of drug-likeness (QED) is 0.745. The van der Waals surface area contributed by atoms with E-state index in [1.807, 2.05) is 30.3 Å². The molecule has 0 saturated heterocycles. The number of carbonyl (C=O) groups is 2. The predicted octanol–water partition coefficient (Wildman–Crippen LogP) is 3.38. The van der Waals surface area contributed by atoms with Crippen LogP contribution in [0.25, 0.3) is 11.3 Å². The molecule has 24 heavy (non-hydrogen) atoms. The van der Waals surface area contributed by atoms with Crippen LogP contribution in [0, 0.1) is 0 Å². The molecular formula is C18H14N2O4. The average Bonchev–Trinajstić information content (AvgIpc) is 3.12. The van der Waals surface area contributed by atoms with Crippen LogP contribution < -0.4 is 5.32 Å². The van der Waals surface area contributed by atoms with Gasteiger partial charge in [-0.25, -0.2) is 4.79 Å². The highest BCUT2D eigenvalue weighted by molar-refractivity contribution is 6.08. The molecule has 0 bridgehead atoms. The lowest BCUT2D eigenvalue weighted by Crippen LogP contribution is -2.12. The van der Waals surface area contributed by atoms with Crippen LogP contribution in [0.1, 0.15) is 20.7 Å². The summed E-state index contributed by atoms with van der Waals surface area (Å²) in [5, 5.41) is 6.44. The third-order valence-corrected chi connectivity index (χ3v) is 3.39. The van der Waals surface area contributed by atoms with Gasteiger partial charge in [-0.15, -0.1) is 0 Å². The monoisotopic (exact) mass is 322 g/mol. The third kappa shape index (κ3) is 3.17. The van der Waals surface area contributed by atoms with Crippen molar-refractivity contribution in [2.45, 2.75) is 0 Å². The first kappa shape index (κ1) is 15.5. The summed E-state index contributed by atoms with van der Waals surface area (Å²) in [5.41, 5.74) is 1.89. The zero-order chi connectivity index (χ0) is 16.9. The number of ether oxygens (including phenoxy) is 1. The molecule has 0 aliphatic heterocycles. The lowest BCUT2D eigenvalue weighted by atomic mass is 10.1. The number of hydrogen-bond acceptors (Lipinski definition) is 5.